The summed E-state index contributed by atoms with van der Waals surface area (Å²) in [5.41, 5.74) is 0. The number of rotatable bonds is 6. The van der Waals surface area contributed by atoms with E-state index >= 15 is 0 Å². The molecule has 94 valence electrons. The molecule has 0 aliphatic heterocycles. The number of carbonyl (C=O) groups is 1. The van der Waals surface area contributed by atoms with Crippen LogP contribution < -0.4 is 5.32 Å². The van der Waals surface area contributed by atoms with E-state index in [1.54, 1.807) is 0 Å². The second-order valence-corrected chi connectivity index (χ2v) is 4.47. The van der Waals surface area contributed by atoms with E-state index < -0.39 is 6.10 Å². The average molecular weight is 238 g/mol. The van der Waals surface area contributed by atoms with Crippen molar-refractivity contribution >= 4 is 5.91 Å². The monoisotopic (exact) mass is 238 g/mol. The molecule has 0 saturated heterocycles. The molecular formula is C11H18N4O2. The third-order valence-corrected chi connectivity index (χ3v) is 2.86. The van der Waals surface area contributed by atoms with Crippen molar-refractivity contribution in [3.05, 3.63) is 11.6 Å². The van der Waals surface area contributed by atoms with Gasteiger partial charge in [-0.1, -0.05) is 6.92 Å². The van der Waals surface area contributed by atoms with Crippen molar-refractivity contribution in [2.24, 2.45) is 5.92 Å². The van der Waals surface area contributed by atoms with Crippen LogP contribution in [0, 0.1) is 5.92 Å². The Balaban J connectivity index is 1.81. The second kappa shape index (κ2) is 5.27. The van der Waals surface area contributed by atoms with Gasteiger partial charge in [-0.15, -0.1) is 5.10 Å². The summed E-state index contributed by atoms with van der Waals surface area (Å²) in [4.78, 5) is 15.7. The van der Waals surface area contributed by atoms with Crippen LogP contribution in [0.25, 0.3) is 0 Å². The summed E-state index contributed by atoms with van der Waals surface area (Å²) in [5, 5.41) is 18.8. The Morgan fingerprint density at radius 1 is 1.65 bits per heavy atom. The van der Waals surface area contributed by atoms with Crippen molar-refractivity contribution in [3.8, 4) is 0 Å². The Morgan fingerprint density at radius 3 is 3.06 bits per heavy atom. The topological polar surface area (TPSA) is 90.9 Å². The number of aliphatic hydroxyl groups is 1. The van der Waals surface area contributed by atoms with Crippen LogP contribution in [0.4, 0.5) is 0 Å². The van der Waals surface area contributed by atoms with Gasteiger partial charge in [0.2, 0.25) is 5.82 Å². The molecule has 6 nitrogen and oxygen atoms in total. The van der Waals surface area contributed by atoms with E-state index in [4.69, 9.17) is 0 Å². The highest BCUT2D eigenvalue weighted by atomic mass is 16.3. The van der Waals surface area contributed by atoms with Crippen LogP contribution in [0.15, 0.2) is 0 Å². The molecule has 1 heterocycles. The molecule has 1 aliphatic carbocycles. The molecule has 1 aliphatic rings. The third-order valence-electron chi connectivity index (χ3n) is 2.86. The van der Waals surface area contributed by atoms with Crippen LogP contribution in [0.2, 0.25) is 0 Å². The van der Waals surface area contributed by atoms with Gasteiger partial charge in [0.05, 0.1) is 6.10 Å². The van der Waals surface area contributed by atoms with Crippen molar-refractivity contribution in [2.45, 2.75) is 38.7 Å². The number of nitrogens with one attached hydrogen (secondary N) is 2. The normalized spacial score (nSPS) is 16.8. The standard InChI is InChI=1S/C11H18N4O2/c1-2-3-9-13-10(15-14-9)11(17)12-6-8(16)7-4-5-7/h7-8,16H,2-6H2,1H3,(H,12,17)(H,13,14,15). The minimum absolute atomic E-state index is 0.149. The van der Waals surface area contributed by atoms with Crippen LogP contribution in [0.5, 0.6) is 0 Å². The number of hydrogen-bond donors (Lipinski definition) is 3. The zero-order valence-electron chi connectivity index (χ0n) is 9.94. The maximum Gasteiger partial charge on any atom is 0.291 e. The van der Waals surface area contributed by atoms with Crippen LogP contribution in [-0.4, -0.2) is 38.8 Å². The summed E-state index contributed by atoms with van der Waals surface area (Å²) in [5.74, 6) is 0.901. The van der Waals surface area contributed by atoms with Crippen LogP contribution in [0.1, 0.15) is 42.6 Å². The van der Waals surface area contributed by atoms with E-state index in [9.17, 15) is 9.90 Å². The smallest absolute Gasteiger partial charge is 0.291 e. The fraction of sp³-hybridized carbons (Fsp3) is 0.727. The van der Waals surface area contributed by atoms with Gasteiger partial charge in [-0.05, 0) is 25.2 Å². The van der Waals surface area contributed by atoms with Crippen molar-refractivity contribution in [3.63, 3.8) is 0 Å². The largest absolute Gasteiger partial charge is 0.391 e. The molecule has 1 atom stereocenters. The molecule has 0 bridgehead atoms. The fourth-order valence-corrected chi connectivity index (χ4v) is 1.67. The summed E-state index contributed by atoms with van der Waals surface area (Å²) in [6.07, 6.45) is 3.41. The number of aromatic amines is 1. The highest BCUT2D eigenvalue weighted by Crippen LogP contribution is 2.32. The van der Waals surface area contributed by atoms with Gasteiger partial charge in [0.25, 0.3) is 5.91 Å². The van der Waals surface area contributed by atoms with E-state index in [0.29, 0.717) is 5.92 Å². The van der Waals surface area contributed by atoms with Crippen LogP contribution >= 0.6 is 0 Å². The quantitative estimate of drug-likeness (QED) is 0.663. The van der Waals surface area contributed by atoms with E-state index in [1.807, 2.05) is 6.92 Å². The van der Waals surface area contributed by atoms with Gasteiger partial charge in [-0.2, -0.15) is 0 Å². The second-order valence-electron chi connectivity index (χ2n) is 4.47. The summed E-state index contributed by atoms with van der Waals surface area (Å²) < 4.78 is 0. The Bertz CT molecular complexity index is 387. The Hall–Kier alpha value is -1.43. The first kappa shape index (κ1) is 12.0. The Morgan fingerprint density at radius 2 is 2.41 bits per heavy atom. The number of nitrogens with zero attached hydrogens (tertiary/aromatic N) is 2. The number of H-pyrrole nitrogens is 1. The van der Waals surface area contributed by atoms with E-state index in [0.717, 1.165) is 31.5 Å². The molecule has 17 heavy (non-hydrogen) atoms. The first-order valence-electron chi connectivity index (χ1n) is 6.08. The predicted octanol–water partition coefficient (Wildman–Crippen LogP) is 0.258. The molecule has 6 heteroatoms. The molecule has 3 N–H and O–H groups in total. The van der Waals surface area contributed by atoms with Crippen LogP contribution in [0.3, 0.4) is 0 Å². The summed E-state index contributed by atoms with van der Waals surface area (Å²) >= 11 is 0. The van der Waals surface area contributed by atoms with Crippen LogP contribution in [-0.2, 0) is 6.42 Å². The average Bonchev–Trinajstić information content (AvgIpc) is 3.07. The fourth-order valence-electron chi connectivity index (χ4n) is 1.67. The van der Waals surface area contributed by atoms with Crippen molar-refractivity contribution in [1.82, 2.24) is 20.5 Å². The highest BCUT2D eigenvalue weighted by molar-refractivity contribution is 5.90. The maximum absolute atomic E-state index is 11.6. The maximum atomic E-state index is 11.6. The molecule has 1 aromatic rings. The number of aromatic nitrogens is 3. The number of carbonyl (C=O) groups excluding carboxylic acids is 1. The number of amides is 1. The van der Waals surface area contributed by atoms with E-state index in [2.05, 4.69) is 20.5 Å². The van der Waals surface area contributed by atoms with Gasteiger partial charge < -0.3 is 10.4 Å². The van der Waals surface area contributed by atoms with Gasteiger partial charge in [-0.25, -0.2) is 4.98 Å². The Kier molecular flexibility index (Phi) is 3.73. The molecule has 0 spiro atoms. The predicted molar refractivity (Wildman–Crippen MR) is 61.4 cm³/mol. The summed E-state index contributed by atoms with van der Waals surface area (Å²) in [7, 11) is 0. The van der Waals surface area contributed by atoms with E-state index in [-0.39, 0.29) is 18.3 Å². The minimum Gasteiger partial charge on any atom is -0.391 e. The molecule has 2 rings (SSSR count). The molecular weight excluding hydrogens is 220 g/mol. The first-order valence-corrected chi connectivity index (χ1v) is 6.08. The van der Waals surface area contributed by atoms with Crippen molar-refractivity contribution in [1.29, 1.82) is 0 Å². The lowest BCUT2D eigenvalue weighted by atomic mass is 10.2. The molecule has 0 aromatic carbocycles. The highest BCUT2D eigenvalue weighted by Gasteiger charge is 2.29. The van der Waals surface area contributed by atoms with Gasteiger partial charge in [0, 0.05) is 13.0 Å². The molecule has 1 fully saturated rings. The minimum atomic E-state index is -0.437. The first-order chi connectivity index (χ1) is 8.20. The lowest BCUT2D eigenvalue weighted by Gasteiger charge is -2.08. The molecule has 1 amide bonds. The number of aryl methyl sites for hydroxylation is 1. The zero-order chi connectivity index (χ0) is 12.3. The Labute approximate surface area is 99.8 Å². The molecule has 0 radical (unpaired) electrons. The SMILES string of the molecule is CCCc1nc(C(=O)NCC(O)C2CC2)n[nH]1. The van der Waals surface area contributed by atoms with Gasteiger partial charge >= 0.3 is 0 Å². The lowest BCUT2D eigenvalue weighted by Crippen LogP contribution is -2.33. The van der Waals surface area contributed by atoms with Crippen molar-refractivity contribution in [2.75, 3.05) is 6.54 Å². The number of hydrogen-bond acceptors (Lipinski definition) is 4. The van der Waals surface area contributed by atoms with Gasteiger partial charge in [0.1, 0.15) is 5.82 Å². The summed E-state index contributed by atoms with van der Waals surface area (Å²) in [6.45, 7) is 2.31. The molecule has 1 aromatic heterocycles. The van der Waals surface area contributed by atoms with E-state index in [1.165, 1.54) is 0 Å². The van der Waals surface area contributed by atoms with Crippen molar-refractivity contribution < 1.29 is 9.90 Å². The summed E-state index contributed by atoms with van der Waals surface area (Å²) in [6, 6.07) is 0. The zero-order valence-corrected chi connectivity index (χ0v) is 9.94. The van der Waals surface area contributed by atoms with Gasteiger partial charge in [-0.3, -0.25) is 9.89 Å². The molecule has 1 saturated carbocycles. The third kappa shape index (κ3) is 3.26. The van der Waals surface area contributed by atoms with Gasteiger partial charge in [0.15, 0.2) is 0 Å². The lowest BCUT2D eigenvalue weighted by molar-refractivity contribution is 0.0891. The number of aliphatic hydroxyl groups excluding tert-OH is 1. The molecule has 1 unspecified atom stereocenters.